The third kappa shape index (κ3) is 6.12. The fourth-order valence-corrected chi connectivity index (χ4v) is 2.90. The van der Waals surface area contributed by atoms with Gasteiger partial charge in [-0.1, -0.05) is 6.58 Å². The SMILES string of the molecule is [CH]Oc1ccc(SCC(=C)COc2ccc(C(F)(F)F)cc2)cc1C(F)(F)F. The zero-order chi connectivity index (χ0) is 20.9. The number of alkyl halides is 6. The molecule has 2 nitrogen and oxygen atoms in total. The van der Waals surface area contributed by atoms with Crippen LogP contribution in [0.3, 0.4) is 0 Å². The van der Waals surface area contributed by atoms with Gasteiger partial charge in [0.05, 0.1) is 11.1 Å². The van der Waals surface area contributed by atoms with Gasteiger partial charge in [0.15, 0.2) is 7.11 Å². The molecule has 28 heavy (non-hydrogen) atoms. The van der Waals surface area contributed by atoms with E-state index in [1.54, 1.807) is 0 Å². The highest BCUT2D eigenvalue weighted by Gasteiger charge is 2.34. The second kappa shape index (κ2) is 8.81. The summed E-state index contributed by atoms with van der Waals surface area (Å²) in [4.78, 5) is 0.323. The van der Waals surface area contributed by atoms with Crippen molar-refractivity contribution in [1.29, 1.82) is 0 Å². The van der Waals surface area contributed by atoms with Crippen LogP contribution in [0.25, 0.3) is 0 Å². The minimum atomic E-state index is -4.62. The molecule has 0 aromatic heterocycles. The lowest BCUT2D eigenvalue weighted by Gasteiger charge is -2.13. The van der Waals surface area contributed by atoms with Crippen LogP contribution in [0.15, 0.2) is 59.5 Å². The first-order valence-corrected chi connectivity index (χ1v) is 8.66. The normalized spacial score (nSPS) is 12.0. The molecule has 0 unspecified atom stereocenters. The Morgan fingerprint density at radius 3 is 2.14 bits per heavy atom. The van der Waals surface area contributed by atoms with Crippen LogP contribution in [0.2, 0.25) is 0 Å². The van der Waals surface area contributed by atoms with E-state index in [1.165, 1.54) is 18.2 Å². The van der Waals surface area contributed by atoms with Crippen LogP contribution in [-0.2, 0) is 12.4 Å². The Kier molecular flexibility index (Phi) is 6.92. The van der Waals surface area contributed by atoms with Crippen molar-refractivity contribution in [2.24, 2.45) is 0 Å². The number of rotatable bonds is 7. The highest BCUT2D eigenvalue weighted by molar-refractivity contribution is 7.99. The predicted octanol–water partition coefficient (Wildman–Crippen LogP) is 6.50. The van der Waals surface area contributed by atoms with Crippen LogP contribution in [0.4, 0.5) is 26.3 Å². The molecule has 2 radical (unpaired) electrons. The van der Waals surface area contributed by atoms with Crippen molar-refractivity contribution < 1.29 is 35.8 Å². The Morgan fingerprint density at radius 1 is 0.964 bits per heavy atom. The monoisotopic (exact) mass is 420 g/mol. The number of thioether (sulfide) groups is 1. The van der Waals surface area contributed by atoms with E-state index in [0.29, 0.717) is 10.5 Å². The Hall–Kier alpha value is -2.29. The van der Waals surface area contributed by atoms with Gasteiger partial charge < -0.3 is 9.47 Å². The van der Waals surface area contributed by atoms with Crippen molar-refractivity contribution in [3.63, 3.8) is 0 Å². The smallest absolute Gasteiger partial charge is 0.420 e. The van der Waals surface area contributed by atoms with E-state index in [-0.39, 0.29) is 18.1 Å². The number of benzene rings is 2. The fraction of sp³-hybridized carbons (Fsp3) is 0.211. The van der Waals surface area contributed by atoms with Gasteiger partial charge in [-0.2, -0.15) is 26.3 Å². The second-order valence-electron chi connectivity index (χ2n) is 5.62. The van der Waals surface area contributed by atoms with Crippen LogP contribution in [0.5, 0.6) is 11.5 Å². The molecule has 0 heterocycles. The summed E-state index contributed by atoms with van der Waals surface area (Å²) in [7, 11) is 4.85. The summed E-state index contributed by atoms with van der Waals surface area (Å²) in [5, 5.41) is 0. The highest BCUT2D eigenvalue weighted by Crippen LogP contribution is 2.38. The molecule has 2 aromatic rings. The lowest BCUT2D eigenvalue weighted by Crippen LogP contribution is -2.07. The van der Waals surface area contributed by atoms with Crippen molar-refractivity contribution in [2.75, 3.05) is 12.4 Å². The maximum absolute atomic E-state index is 13.0. The number of ether oxygens (including phenoxy) is 2. The van der Waals surface area contributed by atoms with E-state index in [0.717, 1.165) is 36.0 Å². The van der Waals surface area contributed by atoms with Gasteiger partial charge in [-0.25, -0.2) is 0 Å². The van der Waals surface area contributed by atoms with Gasteiger partial charge >= 0.3 is 12.4 Å². The molecule has 2 aromatic carbocycles. The molecule has 0 spiro atoms. The molecule has 0 aliphatic heterocycles. The van der Waals surface area contributed by atoms with E-state index >= 15 is 0 Å². The average molecular weight is 420 g/mol. The van der Waals surface area contributed by atoms with Gasteiger partial charge in [0.25, 0.3) is 0 Å². The zero-order valence-corrected chi connectivity index (χ0v) is 15.0. The zero-order valence-electron chi connectivity index (χ0n) is 14.2. The quantitative estimate of drug-likeness (QED) is 0.289. The molecule has 0 bridgehead atoms. The van der Waals surface area contributed by atoms with Crippen LogP contribution >= 0.6 is 11.8 Å². The van der Waals surface area contributed by atoms with Gasteiger partial charge in [-0.15, -0.1) is 11.8 Å². The third-order valence-electron chi connectivity index (χ3n) is 3.45. The Morgan fingerprint density at radius 2 is 1.61 bits per heavy atom. The molecule has 0 N–H and O–H groups in total. The van der Waals surface area contributed by atoms with E-state index < -0.39 is 29.2 Å². The number of hydrogen-bond donors (Lipinski definition) is 0. The molecule has 0 atom stereocenters. The van der Waals surface area contributed by atoms with Crippen molar-refractivity contribution in [2.45, 2.75) is 17.2 Å². The fourth-order valence-electron chi connectivity index (χ4n) is 2.08. The Bertz CT molecular complexity index is 813. The minimum absolute atomic E-state index is 0.00842. The van der Waals surface area contributed by atoms with E-state index in [4.69, 9.17) is 11.8 Å². The van der Waals surface area contributed by atoms with Gasteiger partial charge in [-0.3, -0.25) is 0 Å². The van der Waals surface area contributed by atoms with Gasteiger partial charge in [0, 0.05) is 10.6 Å². The lowest BCUT2D eigenvalue weighted by atomic mass is 10.2. The number of hydrogen-bond acceptors (Lipinski definition) is 3. The summed E-state index contributed by atoms with van der Waals surface area (Å²) in [5.41, 5.74) is -1.25. The first-order valence-electron chi connectivity index (χ1n) is 7.68. The minimum Gasteiger partial charge on any atom is -0.489 e. The van der Waals surface area contributed by atoms with Crippen LogP contribution < -0.4 is 9.47 Å². The molecule has 0 saturated carbocycles. The Balaban J connectivity index is 1.91. The molecule has 2 rings (SSSR count). The second-order valence-corrected chi connectivity index (χ2v) is 6.67. The maximum atomic E-state index is 13.0. The standard InChI is InChI=1S/C19H14F6O2S/c1-12(10-27-14-5-3-13(4-6-14)18(20,21)22)11-28-15-7-8-17(26-2)16(9-15)19(23,24)25/h2-9H,1,10-11H2. The maximum Gasteiger partial charge on any atom is 0.420 e. The first kappa shape index (κ1) is 22.0. The van der Waals surface area contributed by atoms with E-state index in [9.17, 15) is 26.3 Å². The average Bonchev–Trinajstić information content (AvgIpc) is 2.63. The predicted molar refractivity (Wildman–Crippen MR) is 93.2 cm³/mol. The molecule has 0 amide bonds. The Labute approximate surface area is 162 Å². The van der Waals surface area contributed by atoms with Crippen LogP contribution in [0, 0.1) is 7.11 Å². The lowest BCUT2D eigenvalue weighted by molar-refractivity contribution is -0.139. The van der Waals surface area contributed by atoms with Crippen LogP contribution in [-0.4, -0.2) is 12.4 Å². The summed E-state index contributed by atoms with van der Waals surface area (Å²) in [6.07, 6.45) is -9.05. The van der Waals surface area contributed by atoms with E-state index in [1.807, 2.05) is 0 Å². The molecule has 9 heteroatoms. The van der Waals surface area contributed by atoms with Crippen molar-refractivity contribution >= 4 is 11.8 Å². The van der Waals surface area contributed by atoms with Gasteiger partial charge in [-0.05, 0) is 48.0 Å². The number of halogens is 6. The van der Waals surface area contributed by atoms with Crippen LogP contribution in [0.1, 0.15) is 11.1 Å². The topological polar surface area (TPSA) is 18.5 Å². The summed E-state index contributed by atoms with van der Waals surface area (Å²) in [5.74, 6) is -0.00918. The molecule has 0 saturated heterocycles. The summed E-state index contributed by atoms with van der Waals surface area (Å²) < 4.78 is 86.0. The summed E-state index contributed by atoms with van der Waals surface area (Å²) in [6.45, 7) is 3.76. The molecule has 0 aliphatic rings. The van der Waals surface area contributed by atoms with Crippen molar-refractivity contribution in [3.8, 4) is 11.5 Å². The summed E-state index contributed by atoms with van der Waals surface area (Å²) in [6, 6.07) is 7.61. The molecular formula is C19H14F6O2S. The van der Waals surface area contributed by atoms with Gasteiger partial charge in [0.2, 0.25) is 0 Å². The van der Waals surface area contributed by atoms with Gasteiger partial charge in [0.1, 0.15) is 18.1 Å². The third-order valence-corrected chi connectivity index (χ3v) is 4.59. The molecule has 0 aliphatic carbocycles. The van der Waals surface area contributed by atoms with E-state index in [2.05, 4.69) is 11.3 Å². The van der Waals surface area contributed by atoms with Crippen molar-refractivity contribution in [3.05, 3.63) is 72.9 Å². The summed E-state index contributed by atoms with van der Waals surface area (Å²) >= 11 is 1.09. The molecule has 150 valence electrons. The molecule has 0 fully saturated rings. The highest BCUT2D eigenvalue weighted by atomic mass is 32.2. The molecular weight excluding hydrogens is 406 g/mol. The van der Waals surface area contributed by atoms with Crippen molar-refractivity contribution in [1.82, 2.24) is 0 Å². The first-order chi connectivity index (χ1) is 13.0. The largest absolute Gasteiger partial charge is 0.489 e.